The summed E-state index contributed by atoms with van der Waals surface area (Å²) < 4.78 is 5.48. The van der Waals surface area contributed by atoms with Crippen molar-refractivity contribution in [2.24, 2.45) is 5.92 Å². The van der Waals surface area contributed by atoms with Crippen LogP contribution < -0.4 is 15.0 Å². The summed E-state index contributed by atoms with van der Waals surface area (Å²) in [5.41, 5.74) is 1.19. The molecule has 0 aliphatic heterocycles. The second-order valence-electron chi connectivity index (χ2n) is 5.85. The minimum Gasteiger partial charge on any atom is -0.495 e. The first-order valence-corrected chi connectivity index (χ1v) is 7.77. The van der Waals surface area contributed by atoms with Gasteiger partial charge in [0.2, 0.25) is 0 Å². The Morgan fingerprint density at radius 3 is 2.70 bits per heavy atom. The molecule has 2 rings (SSSR count). The molecular weight excluding hydrogens is 248 g/mol. The third-order valence-corrected chi connectivity index (χ3v) is 4.53. The summed E-state index contributed by atoms with van der Waals surface area (Å²) in [6.07, 6.45) is 6.74. The molecule has 1 fully saturated rings. The van der Waals surface area contributed by atoms with Crippen LogP contribution in [0.5, 0.6) is 5.75 Å². The van der Waals surface area contributed by atoms with Gasteiger partial charge in [-0.3, -0.25) is 0 Å². The van der Waals surface area contributed by atoms with Crippen LogP contribution >= 0.6 is 0 Å². The molecule has 1 N–H and O–H groups in total. The summed E-state index contributed by atoms with van der Waals surface area (Å²) in [7, 11) is 6.02. The van der Waals surface area contributed by atoms with Crippen LogP contribution in [0, 0.1) is 5.92 Å². The zero-order chi connectivity index (χ0) is 14.4. The fourth-order valence-electron chi connectivity index (χ4n) is 3.38. The first-order valence-electron chi connectivity index (χ1n) is 7.77. The maximum Gasteiger partial charge on any atom is 0.142 e. The monoisotopic (exact) mass is 276 g/mol. The molecule has 0 bridgehead atoms. The Morgan fingerprint density at radius 1 is 1.20 bits per heavy atom. The molecule has 3 nitrogen and oxygen atoms in total. The molecule has 1 aliphatic carbocycles. The number of nitrogens with zero attached hydrogens (tertiary/aromatic N) is 1. The van der Waals surface area contributed by atoms with Gasteiger partial charge in [0, 0.05) is 19.6 Å². The van der Waals surface area contributed by atoms with Gasteiger partial charge in [-0.05, 0) is 37.9 Å². The van der Waals surface area contributed by atoms with Gasteiger partial charge in [-0.1, -0.05) is 31.4 Å². The van der Waals surface area contributed by atoms with E-state index in [1.54, 1.807) is 7.11 Å². The van der Waals surface area contributed by atoms with E-state index in [1.165, 1.54) is 37.8 Å². The highest BCUT2D eigenvalue weighted by Crippen LogP contribution is 2.30. The molecule has 1 aliphatic rings. The second-order valence-corrected chi connectivity index (χ2v) is 5.85. The Labute approximate surface area is 123 Å². The largest absolute Gasteiger partial charge is 0.495 e. The summed E-state index contributed by atoms with van der Waals surface area (Å²) in [4.78, 5) is 2.35. The van der Waals surface area contributed by atoms with Crippen molar-refractivity contribution in [3.63, 3.8) is 0 Å². The standard InChI is InChI=1S/C17H28N2O/c1-18-15-10-6-4-5-9-14(15)13-19(2)16-11-7-8-12-17(16)20-3/h7-8,11-12,14-15,18H,4-6,9-10,13H2,1-3H3. The minimum atomic E-state index is 0.648. The van der Waals surface area contributed by atoms with Crippen molar-refractivity contribution in [3.05, 3.63) is 24.3 Å². The van der Waals surface area contributed by atoms with E-state index in [1.807, 2.05) is 12.1 Å². The van der Waals surface area contributed by atoms with Gasteiger partial charge >= 0.3 is 0 Å². The maximum atomic E-state index is 5.48. The highest BCUT2D eigenvalue weighted by molar-refractivity contribution is 5.57. The van der Waals surface area contributed by atoms with Crippen molar-refractivity contribution in [2.75, 3.05) is 32.6 Å². The molecule has 0 aromatic heterocycles. The van der Waals surface area contributed by atoms with Gasteiger partial charge < -0.3 is 15.0 Å². The molecule has 1 saturated carbocycles. The van der Waals surface area contributed by atoms with Crippen molar-refractivity contribution in [3.8, 4) is 5.75 Å². The van der Waals surface area contributed by atoms with Crippen LogP contribution in [-0.4, -0.2) is 33.8 Å². The number of anilines is 1. The second kappa shape index (κ2) is 7.53. The molecule has 0 spiro atoms. The van der Waals surface area contributed by atoms with Gasteiger partial charge in [0.1, 0.15) is 5.75 Å². The minimum absolute atomic E-state index is 0.648. The highest BCUT2D eigenvalue weighted by atomic mass is 16.5. The SMILES string of the molecule is CNC1CCCCCC1CN(C)c1ccccc1OC. The van der Waals surface area contributed by atoms with Crippen LogP contribution in [0.3, 0.4) is 0 Å². The Morgan fingerprint density at radius 2 is 1.95 bits per heavy atom. The summed E-state index contributed by atoms with van der Waals surface area (Å²) in [6, 6.07) is 8.93. The number of rotatable bonds is 5. The van der Waals surface area contributed by atoms with Crippen LogP contribution in [-0.2, 0) is 0 Å². The van der Waals surface area contributed by atoms with Crippen LogP contribution in [0.4, 0.5) is 5.69 Å². The van der Waals surface area contributed by atoms with E-state index >= 15 is 0 Å². The van der Waals surface area contributed by atoms with Crippen molar-refractivity contribution in [2.45, 2.75) is 38.1 Å². The van der Waals surface area contributed by atoms with Gasteiger partial charge in [-0.2, -0.15) is 0 Å². The van der Waals surface area contributed by atoms with Gasteiger partial charge in [0.15, 0.2) is 0 Å². The molecular formula is C17H28N2O. The molecule has 3 heteroatoms. The van der Waals surface area contributed by atoms with Gasteiger partial charge in [0.05, 0.1) is 12.8 Å². The molecule has 2 unspecified atom stereocenters. The van der Waals surface area contributed by atoms with Gasteiger partial charge in [-0.25, -0.2) is 0 Å². The predicted octanol–water partition coefficient (Wildman–Crippen LogP) is 3.30. The third-order valence-electron chi connectivity index (χ3n) is 4.53. The Balaban J connectivity index is 2.06. The summed E-state index contributed by atoms with van der Waals surface area (Å²) in [5.74, 6) is 1.68. The van der Waals surface area contributed by atoms with Crippen LogP contribution in [0.15, 0.2) is 24.3 Å². The lowest BCUT2D eigenvalue weighted by Crippen LogP contribution is -2.39. The number of nitrogens with one attached hydrogen (secondary N) is 1. The molecule has 0 radical (unpaired) electrons. The Bertz CT molecular complexity index is 408. The lowest BCUT2D eigenvalue weighted by molar-refractivity contribution is 0.354. The number of ether oxygens (including phenoxy) is 1. The van der Waals surface area contributed by atoms with E-state index in [-0.39, 0.29) is 0 Å². The summed E-state index contributed by atoms with van der Waals surface area (Å²) >= 11 is 0. The fourth-order valence-corrected chi connectivity index (χ4v) is 3.38. The molecule has 112 valence electrons. The van der Waals surface area contributed by atoms with Crippen molar-refractivity contribution in [1.29, 1.82) is 0 Å². The normalized spacial score (nSPS) is 23.1. The molecule has 1 aromatic rings. The summed E-state index contributed by atoms with van der Waals surface area (Å²) in [5, 5.41) is 3.52. The number of para-hydroxylation sites is 2. The number of hydrogen-bond acceptors (Lipinski definition) is 3. The van der Waals surface area contributed by atoms with E-state index in [4.69, 9.17) is 4.74 Å². The van der Waals surface area contributed by atoms with E-state index in [9.17, 15) is 0 Å². The van der Waals surface area contributed by atoms with E-state index in [2.05, 4.69) is 36.4 Å². The average Bonchev–Trinajstić information content (AvgIpc) is 2.72. The Hall–Kier alpha value is -1.22. The van der Waals surface area contributed by atoms with Gasteiger partial charge in [0.25, 0.3) is 0 Å². The number of methoxy groups -OCH3 is 1. The van der Waals surface area contributed by atoms with E-state index < -0.39 is 0 Å². The first kappa shape index (κ1) is 15.2. The molecule has 20 heavy (non-hydrogen) atoms. The van der Waals surface area contributed by atoms with Crippen molar-refractivity contribution >= 4 is 5.69 Å². The van der Waals surface area contributed by atoms with Crippen LogP contribution in [0.1, 0.15) is 32.1 Å². The zero-order valence-corrected chi connectivity index (χ0v) is 13.1. The van der Waals surface area contributed by atoms with Crippen molar-refractivity contribution in [1.82, 2.24) is 5.32 Å². The Kier molecular flexibility index (Phi) is 5.72. The van der Waals surface area contributed by atoms with Crippen LogP contribution in [0.2, 0.25) is 0 Å². The fraction of sp³-hybridized carbons (Fsp3) is 0.647. The quantitative estimate of drug-likeness (QED) is 0.835. The maximum absolute atomic E-state index is 5.48. The smallest absolute Gasteiger partial charge is 0.142 e. The third kappa shape index (κ3) is 3.66. The molecule has 2 atom stereocenters. The molecule has 0 saturated heterocycles. The van der Waals surface area contributed by atoms with Crippen molar-refractivity contribution < 1.29 is 4.74 Å². The lowest BCUT2D eigenvalue weighted by atomic mass is 9.94. The number of benzene rings is 1. The van der Waals surface area contributed by atoms with E-state index in [0.717, 1.165) is 18.2 Å². The molecule has 0 amide bonds. The van der Waals surface area contributed by atoms with E-state index in [0.29, 0.717) is 6.04 Å². The first-order chi connectivity index (χ1) is 9.76. The van der Waals surface area contributed by atoms with Crippen LogP contribution in [0.25, 0.3) is 0 Å². The topological polar surface area (TPSA) is 24.5 Å². The zero-order valence-electron chi connectivity index (χ0n) is 13.1. The van der Waals surface area contributed by atoms with Gasteiger partial charge in [-0.15, -0.1) is 0 Å². The molecule has 1 aromatic carbocycles. The number of hydrogen-bond donors (Lipinski definition) is 1. The average molecular weight is 276 g/mol. The molecule has 0 heterocycles. The predicted molar refractivity (Wildman–Crippen MR) is 85.7 cm³/mol. The lowest BCUT2D eigenvalue weighted by Gasteiger charge is -2.31. The summed E-state index contributed by atoms with van der Waals surface area (Å²) in [6.45, 7) is 1.09. The highest BCUT2D eigenvalue weighted by Gasteiger charge is 2.24.